The van der Waals surface area contributed by atoms with E-state index in [0.717, 1.165) is 118 Å². The van der Waals surface area contributed by atoms with Crippen molar-refractivity contribution in [2.45, 2.75) is 165 Å². The monoisotopic (exact) mass is 619 g/mol. The zero-order valence-electron chi connectivity index (χ0n) is 35.0. The molecule has 0 amide bonds. The predicted octanol–water partition coefficient (Wildman–Crippen LogP) is 14.5. The van der Waals surface area contributed by atoms with Crippen LogP contribution in [0, 0.1) is 118 Å². The van der Waals surface area contributed by atoms with Gasteiger partial charge in [0.1, 0.15) is 0 Å². The average Bonchev–Trinajstić information content (AvgIpc) is 3.04. The fourth-order valence-corrected chi connectivity index (χ4v) is 9.44. The summed E-state index contributed by atoms with van der Waals surface area (Å²) >= 11 is 0. The van der Waals surface area contributed by atoms with Gasteiger partial charge < -0.3 is 0 Å². The summed E-state index contributed by atoms with van der Waals surface area (Å²) in [5.74, 6) is 15.3. The molecule has 0 nitrogen and oxygen atoms in total. The minimum Gasteiger partial charge on any atom is -0.0651 e. The second kappa shape index (κ2) is 19.7. The molecule has 0 aliphatic carbocycles. The van der Waals surface area contributed by atoms with Crippen molar-refractivity contribution in [2.75, 3.05) is 0 Å². The fourth-order valence-electron chi connectivity index (χ4n) is 9.44. The van der Waals surface area contributed by atoms with Crippen molar-refractivity contribution in [3.05, 3.63) is 0 Å². The van der Waals surface area contributed by atoms with Gasteiger partial charge in [-0.1, -0.05) is 165 Å². The first-order valence-corrected chi connectivity index (χ1v) is 20.1. The van der Waals surface area contributed by atoms with Crippen molar-refractivity contribution < 1.29 is 0 Å². The van der Waals surface area contributed by atoms with Gasteiger partial charge in [-0.2, -0.15) is 0 Å². The van der Waals surface area contributed by atoms with Gasteiger partial charge in [-0.15, -0.1) is 0 Å². The van der Waals surface area contributed by atoms with E-state index in [4.69, 9.17) is 0 Å². The third-order valence-electron chi connectivity index (χ3n) is 17.2. The molecular weight excluding hydrogens is 528 g/mol. The number of rotatable bonds is 21. The van der Waals surface area contributed by atoms with E-state index in [-0.39, 0.29) is 0 Å². The van der Waals surface area contributed by atoms with Crippen LogP contribution < -0.4 is 0 Å². The van der Waals surface area contributed by atoms with Crippen LogP contribution in [-0.2, 0) is 0 Å². The van der Waals surface area contributed by atoms with E-state index in [1.54, 1.807) is 0 Å². The summed E-state index contributed by atoms with van der Waals surface area (Å²) in [5.41, 5.74) is 0. The lowest BCUT2D eigenvalue weighted by Crippen LogP contribution is -2.38. The van der Waals surface area contributed by atoms with E-state index >= 15 is 0 Å². The minimum atomic E-state index is 0.740. The summed E-state index contributed by atoms with van der Waals surface area (Å²) < 4.78 is 0. The van der Waals surface area contributed by atoms with Gasteiger partial charge in [-0.05, 0) is 118 Å². The summed E-state index contributed by atoms with van der Waals surface area (Å²) in [5, 5.41) is 0. The molecule has 266 valence electrons. The summed E-state index contributed by atoms with van der Waals surface area (Å²) in [7, 11) is 0. The highest BCUT2D eigenvalue weighted by Crippen LogP contribution is 2.45. The molecule has 0 aromatic rings. The van der Waals surface area contributed by atoms with Crippen LogP contribution in [0.5, 0.6) is 0 Å². The second-order valence-electron chi connectivity index (χ2n) is 18.2. The van der Waals surface area contributed by atoms with Gasteiger partial charge in [-0.25, -0.2) is 0 Å². The molecule has 20 unspecified atom stereocenters. The summed E-state index contributed by atoms with van der Waals surface area (Å²) in [4.78, 5) is 0. The highest BCUT2D eigenvalue weighted by atomic mass is 14.4. The Bertz CT molecular complexity index is 676. The van der Waals surface area contributed by atoms with E-state index in [9.17, 15) is 0 Å². The van der Waals surface area contributed by atoms with Crippen molar-refractivity contribution in [1.29, 1.82) is 0 Å². The third kappa shape index (κ3) is 11.0. The van der Waals surface area contributed by atoms with Gasteiger partial charge in [0.2, 0.25) is 0 Å². The summed E-state index contributed by atoms with van der Waals surface area (Å²) in [6.45, 7) is 55.8. The van der Waals surface area contributed by atoms with Gasteiger partial charge in [0.15, 0.2) is 0 Å². The molecule has 0 saturated heterocycles. The van der Waals surface area contributed by atoms with Crippen LogP contribution >= 0.6 is 0 Å². The maximum atomic E-state index is 2.59. The Balaban J connectivity index is 5.46. The standard InChI is InChI=1S/C44H90/c1-23-25(3)27(5)29(7)31(9)33(11)35(13)37(15)39(17)41(19)43(21)44(22)42(20)40(18)38(16)36(14)34(12)32(10)30(8)28(6)26(4)24-2/h25-44H,23-24H2,1-22H3. The van der Waals surface area contributed by atoms with Crippen molar-refractivity contribution in [3.63, 3.8) is 0 Å². The van der Waals surface area contributed by atoms with Gasteiger partial charge in [-0.3, -0.25) is 0 Å². The van der Waals surface area contributed by atoms with Crippen LogP contribution in [0.25, 0.3) is 0 Å². The maximum Gasteiger partial charge on any atom is -0.0386 e. The Hall–Kier alpha value is 0. The summed E-state index contributed by atoms with van der Waals surface area (Å²) in [6, 6.07) is 0. The first-order chi connectivity index (χ1) is 20.1. The lowest BCUT2D eigenvalue weighted by molar-refractivity contribution is 0.0464. The molecule has 0 heterocycles. The first kappa shape index (κ1) is 44.0. The van der Waals surface area contributed by atoms with Crippen LogP contribution in [0.4, 0.5) is 0 Å². The SMILES string of the molecule is CCC(C)C(C)C(C)C(C)C(C)C(C)C(C)C(C)C(C)C(C)C(C)C(C)C(C)C(C)C(C)C(C)C(C)C(C)C(C)C(C)CC. The quantitative estimate of drug-likeness (QED) is 0.120. The third-order valence-corrected chi connectivity index (χ3v) is 17.2. The van der Waals surface area contributed by atoms with E-state index in [2.05, 4.69) is 152 Å². The fraction of sp³-hybridized carbons (Fsp3) is 1.00. The molecule has 0 bridgehead atoms. The van der Waals surface area contributed by atoms with E-state index in [1.165, 1.54) is 12.8 Å². The van der Waals surface area contributed by atoms with Crippen molar-refractivity contribution in [3.8, 4) is 0 Å². The average molecular weight is 619 g/mol. The van der Waals surface area contributed by atoms with Crippen LogP contribution in [0.3, 0.4) is 0 Å². The van der Waals surface area contributed by atoms with E-state index in [0.29, 0.717) is 0 Å². The molecule has 0 fully saturated rings. The minimum absolute atomic E-state index is 0.740. The maximum absolute atomic E-state index is 2.59. The molecule has 0 spiro atoms. The van der Waals surface area contributed by atoms with Crippen LogP contribution in [0.15, 0.2) is 0 Å². The zero-order chi connectivity index (χ0) is 35.0. The smallest absolute Gasteiger partial charge is 0.0386 e. The molecule has 20 atom stereocenters. The lowest BCUT2D eigenvalue weighted by atomic mass is 9.61. The Kier molecular flexibility index (Phi) is 19.7. The molecule has 0 N–H and O–H groups in total. The largest absolute Gasteiger partial charge is 0.0651 e. The van der Waals surface area contributed by atoms with Crippen molar-refractivity contribution >= 4 is 0 Å². The Labute approximate surface area is 282 Å². The highest BCUT2D eigenvalue weighted by molar-refractivity contribution is 4.87. The summed E-state index contributed by atoms with van der Waals surface area (Å²) in [6.07, 6.45) is 2.60. The van der Waals surface area contributed by atoms with E-state index in [1.807, 2.05) is 0 Å². The van der Waals surface area contributed by atoms with Crippen LogP contribution in [0.1, 0.15) is 165 Å². The molecule has 0 aromatic carbocycles. The van der Waals surface area contributed by atoms with Crippen LogP contribution in [0.2, 0.25) is 0 Å². The lowest BCUT2D eigenvalue weighted by Gasteiger charge is -2.44. The first-order valence-electron chi connectivity index (χ1n) is 20.1. The molecule has 0 radical (unpaired) electrons. The van der Waals surface area contributed by atoms with Crippen LogP contribution in [-0.4, -0.2) is 0 Å². The number of hydrogen-bond donors (Lipinski definition) is 0. The zero-order valence-corrected chi connectivity index (χ0v) is 35.0. The molecule has 0 rings (SSSR count). The Morgan fingerprint density at radius 3 is 0.364 bits per heavy atom. The second-order valence-corrected chi connectivity index (χ2v) is 18.2. The van der Waals surface area contributed by atoms with Crippen molar-refractivity contribution in [1.82, 2.24) is 0 Å². The molecule has 0 aliphatic heterocycles. The molecule has 0 saturated carbocycles. The normalized spacial score (nSPS) is 26.6. The van der Waals surface area contributed by atoms with Gasteiger partial charge >= 0.3 is 0 Å². The Morgan fingerprint density at radius 2 is 0.273 bits per heavy atom. The predicted molar refractivity (Wildman–Crippen MR) is 204 cm³/mol. The molecule has 44 heavy (non-hydrogen) atoms. The van der Waals surface area contributed by atoms with Crippen molar-refractivity contribution in [2.24, 2.45) is 118 Å². The molecule has 0 heteroatoms. The topological polar surface area (TPSA) is 0 Å². The molecule has 0 aromatic heterocycles. The molecular formula is C44H90. The van der Waals surface area contributed by atoms with Gasteiger partial charge in [0.05, 0.1) is 0 Å². The van der Waals surface area contributed by atoms with Gasteiger partial charge in [0, 0.05) is 0 Å². The van der Waals surface area contributed by atoms with Gasteiger partial charge in [0.25, 0.3) is 0 Å². The highest BCUT2D eigenvalue weighted by Gasteiger charge is 2.39. The molecule has 0 aliphatic rings. The number of hydrogen-bond acceptors (Lipinski definition) is 0. The van der Waals surface area contributed by atoms with E-state index < -0.39 is 0 Å². The Morgan fingerprint density at radius 1 is 0.182 bits per heavy atom.